The van der Waals surface area contributed by atoms with Crippen LogP contribution in [-0.2, 0) is 17.8 Å². The molecule has 0 saturated carbocycles. The fraction of sp³-hybridized carbons (Fsp3) is 0.222. The van der Waals surface area contributed by atoms with Gasteiger partial charge in [-0.25, -0.2) is 4.98 Å². The zero-order valence-electron chi connectivity index (χ0n) is 13.5. The molecule has 0 bridgehead atoms. The average molecular weight is 342 g/mol. The molecule has 3 rings (SSSR count). The largest absolute Gasteiger partial charge is 0.504 e. The van der Waals surface area contributed by atoms with Gasteiger partial charge in [0.15, 0.2) is 11.5 Å². The summed E-state index contributed by atoms with van der Waals surface area (Å²) in [7, 11) is 1.48. The van der Waals surface area contributed by atoms with E-state index in [0.29, 0.717) is 12.3 Å². The van der Waals surface area contributed by atoms with E-state index in [1.54, 1.807) is 23.5 Å². The Hall–Kier alpha value is -2.60. The van der Waals surface area contributed by atoms with E-state index in [4.69, 9.17) is 4.74 Å². The fourth-order valence-electron chi connectivity index (χ4n) is 2.41. The minimum atomic E-state index is -0.0989. The number of ether oxygens (including phenoxy) is 1. The normalized spacial score (nSPS) is 10.8. The maximum absolute atomic E-state index is 12.1. The average Bonchev–Trinajstić information content (AvgIpc) is 2.96. The molecule has 0 fully saturated rings. The molecule has 2 N–H and O–H groups in total. The Morgan fingerprint density at radius 3 is 2.92 bits per heavy atom. The summed E-state index contributed by atoms with van der Waals surface area (Å²) in [4.78, 5) is 16.6. The minimum Gasteiger partial charge on any atom is -0.504 e. The fourth-order valence-corrected chi connectivity index (χ4v) is 3.30. The number of rotatable bonds is 5. The van der Waals surface area contributed by atoms with Gasteiger partial charge in [0.1, 0.15) is 5.01 Å². The highest BCUT2D eigenvalue weighted by Gasteiger charge is 2.09. The van der Waals surface area contributed by atoms with Crippen LogP contribution in [0, 0.1) is 6.92 Å². The summed E-state index contributed by atoms with van der Waals surface area (Å²) in [6, 6.07) is 11.0. The number of phenolic OH excluding ortho intramolecular Hbond substituents is 1. The van der Waals surface area contributed by atoms with Gasteiger partial charge in [-0.1, -0.05) is 12.1 Å². The molecule has 0 spiro atoms. The lowest BCUT2D eigenvalue weighted by molar-refractivity contribution is -0.120. The van der Waals surface area contributed by atoms with Crippen molar-refractivity contribution in [2.75, 3.05) is 7.11 Å². The number of aromatic hydroxyl groups is 1. The van der Waals surface area contributed by atoms with Crippen LogP contribution < -0.4 is 10.1 Å². The summed E-state index contributed by atoms with van der Waals surface area (Å²) in [6.45, 7) is 2.44. The second-order valence-corrected chi connectivity index (χ2v) is 6.65. The van der Waals surface area contributed by atoms with Gasteiger partial charge >= 0.3 is 0 Å². The standard InChI is InChI=1S/C18H18N2O3S/c1-11-3-6-16-13(7-11)20-18(24-16)10-19-17(22)9-12-4-5-14(21)15(8-12)23-2/h3-8,21H,9-10H2,1-2H3,(H,19,22). The van der Waals surface area contributed by atoms with Gasteiger partial charge in [-0.3, -0.25) is 4.79 Å². The Labute approximate surface area is 143 Å². The van der Waals surface area contributed by atoms with Gasteiger partial charge < -0.3 is 15.2 Å². The SMILES string of the molecule is COc1cc(CC(=O)NCc2nc3cc(C)ccc3s2)ccc1O. The van der Waals surface area contributed by atoms with E-state index in [0.717, 1.165) is 20.8 Å². The van der Waals surface area contributed by atoms with Crippen molar-refractivity contribution in [3.63, 3.8) is 0 Å². The number of phenols is 1. The minimum absolute atomic E-state index is 0.0615. The zero-order chi connectivity index (χ0) is 17.1. The van der Waals surface area contributed by atoms with Crippen molar-refractivity contribution in [1.29, 1.82) is 0 Å². The highest BCUT2D eigenvalue weighted by Crippen LogP contribution is 2.26. The Kier molecular flexibility index (Phi) is 4.66. The zero-order valence-corrected chi connectivity index (χ0v) is 14.3. The Morgan fingerprint density at radius 1 is 1.29 bits per heavy atom. The lowest BCUT2D eigenvalue weighted by atomic mass is 10.1. The number of methoxy groups -OCH3 is 1. The quantitative estimate of drug-likeness (QED) is 0.747. The van der Waals surface area contributed by atoms with Crippen LogP contribution in [-0.4, -0.2) is 23.1 Å². The van der Waals surface area contributed by atoms with Crippen molar-refractivity contribution in [3.05, 3.63) is 52.5 Å². The molecule has 6 heteroatoms. The third-order valence-corrected chi connectivity index (χ3v) is 4.67. The molecule has 0 aliphatic carbocycles. The van der Waals surface area contributed by atoms with Gasteiger partial charge in [0, 0.05) is 0 Å². The summed E-state index contributed by atoms with van der Waals surface area (Å²) in [5.41, 5.74) is 2.92. The maximum atomic E-state index is 12.1. The van der Waals surface area contributed by atoms with E-state index in [1.807, 2.05) is 13.0 Å². The van der Waals surface area contributed by atoms with Crippen molar-refractivity contribution in [1.82, 2.24) is 10.3 Å². The van der Waals surface area contributed by atoms with Crippen LogP contribution in [0.25, 0.3) is 10.2 Å². The van der Waals surface area contributed by atoms with Crippen LogP contribution >= 0.6 is 11.3 Å². The van der Waals surface area contributed by atoms with Crippen molar-refractivity contribution >= 4 is 27.5 Å². The molecule has 0 aliphatic rings. The summed E-state index contributed by atoms with van der Waals surface area (Å²) in [5.74, 6) is 0.325. The predicted octanol–water partition coefficient (Wildman–Crippen LogP) is 3.18. The molecule has 24 heavy (non-hydrogen) atoms. The van der Waals surface area contributed by atoms with E-state index >= 15 is 0 Å². The molecule has 0 unspecified atom stereocenters. The molecule has 0 aliphatic heterocycles. The molecule has 1 heterocycles. The van der Waals surface area contributed by atoms with Gasteiger partial charge in [0.05, 0.1) is 30.3 Å². The second-order valence-electron chi connectivity index (χ2n) is 5.54. The number of benzene rings is 2. The summed E-state index contributed by atoms with van der Waals surface area (Å²) in [6.07, 6.45) is 0.223. The van der Waals surface area contributed by atoms with Crippen LogP contribution in [0.1, 0.15) is 16.1 Å². The summed E-state index contributed by atoms with van der Waals surface area (Å²) < 4.78 is 6.17. The highest BCUT2D eigenvalue weighted by atomic mass is 32.1. The third-order valence-electron chi connectivity index (χ3n) is 3.63. The lowest BCUT2D eigenvalue weighted by Gasteiger charge is -2.07. The Balaban J connectivity index is 1.62. The Morgan fingerprint density at radius 2 is 2.12 bits per heavy atom. The maximum Gasteiger partial charge on any atom is 0.224 e. The molecule has 0 radical (unpaired) electrons. The van der Waals surface area contributed by atoms with Crippen LogP contribution in [0.5, 0.6) is 11.5 Å². The van der Waals surface area contributed by atoms with Crippen molar-refractivity contribution in [2.45, 2.75) is 19.9 Å². The number of carbonyl (C=O) groups excluding carboxylic acids is 1. The number of carbonyl (C=O) groups is 1. The molecule has 0 atom stereocenters. The van der Waals surface area contributed by atoms with E-state index in [9.17, 15) is 9.90 Å². The van der Waals surface area contributed by atoms with E-state index in [2.05, 4.69) is 22.4 Å². The molecule has 124 valence electrons. The smallest absolute Gasteiger partial charge is 0.224 e. The van der Waals surface area contributed by atoms with Crippen LogP contribution in [0.3, 0.4) is 0 Å². The van der Waals surface area contributed by atoms with Crippen LogP contribution in [0.4, 0.5) is 0 Å². The first-order chi connectivity index (χ1) is 11.5. The van der Waals surface area contributed by atoms with Crippen molar-refractivity contribution in [3.8, 4) is 11.5 Å². The highest BCUT2D eigenvalue weighted by molar-refractivity contribution is 7.18. The first kappa shape index (κ1) is 16.3. The van der Waals surface area contributed by atoms with Gasteiger partial charge in [0.2, 0.25) is 5.91 Å². The molecule has 2 aromatic carbocycles. The number of nitrogens with one attached hydrogen (secondary N) is 1. The lowest BCUT2D eigenvalue weighted by Crippen LogP contribution is -2.24. The first-order valence-electron chi connectivity index (χ1n) is 7.54. The molecule has 0 saturated heterocycles. The monoisotopic (exact) mass is 342 g/mol. The Bertz CT molecular complexity index is 889. The number of amides is 1. The third kappa shape index (κ3) is 3.65. The number of thiazole rings is 1. The summed E-state index contributed by atoms with van der Waals surface area (Å²) >= 11 is 1.58. The molecule has 5 nitrogen and oxygen atoms in total. The molecular formula is C18H18N2O3S. The number of fused-ring (bicyclic) bond motifs is 1. The number of aryl methyl sites for hydroxylation is 1. The predicted molar refractivity (Wildman–Crippen MR) is 94.6 cm³/mol. The topological polar surface area (TPSA) is 71.5 Å². The van der Waals surface area contributed by atoms with Crippen LogP contribution in [0.15, 0.2) is 36.4 Å². The molecule has 1 aromatic heterocycles. The van der Waals surface area contributed by atoms with Gasteiger partial charge in [-0.2, -0.15) is 0 Å². The van der Waals surface area contributed by atoms with E-state index in [-0.39, 0.29) is 18.1 Å². The number of aromatic nitrogens is 1. The van der Waals surface area contributed by atoms with E-state index < -0.39 is 0 Å². The number of hydrogen-bond donors (Lipinski definition) is 2. The number of hydrogen-bond acceptors (Lipinski definition) is 5. The number of nitrogens with zero attached hydrogens (tertiary/aromatic N) is 1. The van der Waals surface area contributed by atoms with Gasteiger partial charge in [0.25, 0.3) is 0 Å². The molecule has 3 aromatic rings. The summed E-state index contributed by atoms with van der Waals surface area (Å²) in [5, 5.41) is 13.3. The van der Waals surface area contributed by atoms with Gasteiger partial charge in [-0.05, 0) is 42.3 Å². The van der Waals surface area contributed by atoms with Crippen molar-refractivity contribution < 1.29 is 14.6 Å². The first-order valence-corrected chi connectivity index (χ1v) is 8.35. The van der Waals surface area contributed by atoms with Gasteiger partial charge in [-0.15, -0.1) is 11.3 Å². The van der Waals surface area contributed by atoms with E-state index in [1.165, 1.54) is 18.7 Å². The second kappa shape index (κ2) is 6.88. The molecular weight excluding hydrogens is 324 g/mol. The van der Waals surface area contributed by atoms with Crippen LogP contribution in [0.2, 0.25) is 0 Å². The van der Waals surface area contributed by atoms with Crippen molar-refractivity contribution in [2.24, 2.45) is 0 Å². The molecule has 1 amide bonds.